The molecule has 0 radical (unpaired) electrons. The Labute approximate surface area is 155 Å². The molecule has 4 N–H and O–H groups in total. The Kier molecular flexibility index (Phi) is 21.0. The summed E-state index contributed by atoms with van der Waals surface area (Å²) in [5.74, 6) is -0.437. The Balaban J connectivity index is -0.000000134. The van der Waals surface area contributed by atoms with Crippen LogP contribution in [0.2, 0.25) is 0 Å². The third-order valence-corrected chi connectivity index (χ3v) is 1.84. The molecule has 0 aromatic rings. The van der Waals surface area contributed by atoms with E-state index in [9.17, 15) is 14.4 Å². The van der Waals surface area contributed by atoms with Crippen molar-refractivity contribution < 1.29 is 29.0 Å². The van der Waals surface area contributed by atoms with Crippen molar-refractivity contribution in [1.29, 1.82) is 0 Å². The lowest BCUT2D eigenvalue weighted by Crippen LogP contribution is -2.32. The molecular formula is C16H31ClN2O6. The minimum atomic E-state index is -0.602. The quantitative estimate of drug-likeness (QED) is 0.295. The number of aliphatic hydroxyl groups excluding tert-OH is 1. The first-order valence-corrected chi connectivity index (χ1v) is 7.12. The molecule has 0 aromatic heterocycles. The van der Waals surface area contributed by atoms with E-state index in [4.69, 9.17) is 27.2 Å². The summed E-state index contributed by atoms with van der Waals surface area (Å²) in [7, 11) is 0. The van der Waals surface area contributed by atoms with Gasteiger partial charge in [0, 0.05) is 11.1 Å². The number of ether oxygens (including phenoxy) is 2. The van der Waals surface area contributed by atoms with Crippen LogP contribution in [0.5, 0.6) is 0 Å². The van der Waals surface area contributed by atoms with E-state index in [1.165, 1.54) is 0 Å². The maximum Gasteiger partial charge on any atom is 0.409 e. The topological polar surface area (TPSA) is 128 Å². The molecular weight excluding hydrogens is 352 g/mol. The van der Waals surface area contributed by atoms with Gasteiger partial charge in [-0.05, 0) is 46.2 Å². The molecule has 0 heterocycles. The van der Waals surface area contributed by atoms with Gasteiger partial charge in [-0.25, -0.2) is 9.59 Å². The average Bonchev–Trinajstić information content (AvgIpc) is 2.38. The SMILES string of the molecule is C.C=C(C)C(=O)Cl.C=C(C)C(=O)OCN.CC(C)(C)OC(=O)NCO. The summed E-state index contributed by atoms with van der Waals surface area (Å²) < 4.78 is 9.11. The molecule has 0 aliphatic rings. The largest absolute Gasteiger partial charge is 0.447 e. The zero-order valence-electron chi connectivity index (χ0n) is 14.8. The molecule has 0 saturated carbocycles. The average molecular weight is 383 g/mol. The number of amides is 1. The van der Waals surface area contributed by atoms with Crippen molar-refractivity contribution in [2.24, 2.45) is 5.73 Å². The Morgan fingerprint density at radius 3 is 1.72 bits per heavy atom. The van der Waals surface area contributed by atoms with Crippen molar-refractivity contribution >= 4 is 28.9 Å². The van der Waals surface area contributed by atoms with Crippen molar-refractivity contribution in [2.45, 2.75) is 47.6 Å². The fraction of sp³-hybridized carbons (Fsp3) is 0.562. The Bertz CT molecular complexity index is 432. The van der Waals surface area contributed by atoms with Gasteiger partial charge in [-0.2, -0.15) is 0 Å². The molecule has 0 aromatic carbocycles. The number of nitrogens with one attached hydrogen (secondary N) is 1. The van der Waals surface area contributed by atoms with E-state index in [1.807, 2.05) is 0 Å². The van der Waals surface area contributed by atoms with E-state index in [1.54, 1.807) is 34.6 Å². The molecule has 0 rings (SSSR count). The number of alkyl carbamates (subject to hydrolysis) is 1. The number of nitrogens with two attached hydrogens (primary N) is 1. The van der Waals surface area contributed by atoms with Crippen molar-refractivity contribution in [3.63, 3.8) is 0 Å². The Morgan fingerprint density at radius 1 is 1.16 bits per heavy atom. The summed E-state index contributed by atoms with van der Waals surface area (Å²) in [6, 6.07) is 0. The van der Waals surface area contributed by atoms with Gasteiger partial charge in [-0.15, -0.1) is 0 Å². The molecule has 8 nitrogen and oxygen atoms in total. The molecule has 0 spiro atoms. The number of carbonyl (C=O) groups is 3. The molecule has 148 valence electrons. The second kappa shape index (κ2) is 16.9. The monoisotopic (exact) mass is 382 g/mol. The highest BCUT2D eigenvalue weighted by Gasteiger charge is 2.14. The molecule has 0 aliphatic carbocycles. The van der Waals surface area contributed by atoms with Gasteiger partial charge in [-0.1, -0.05) is 20.6 Å². The fourth-order valence-electron chi connectivity index (χ4n) is 0.578. The molecule has 0 saturated heterocycles. The van der Waals surface area contributed by atoms with Crippen LogP contribution < -0.4 is 11.1 Å². The van der Waals surface area contributed by atoms with Crippen LogP contribution >= 0.6 is 11.6 Å². The van der Waals surface area contributed by atoms with Crippen LogP contribution in [0.15, 0.2) is 24.3 Å². The van der Waals surface area contributed by atoms with E-state index >= 15 is 0 Å². The zero-order valence-corrected chi connectivity index (χ0v) is 15.5. The minimum absolute atomic E-state index is 0. The molecule has 0 fully saturated rings. The van der Waals surface area contributed by atoms with Crippen LogP contribution in [0.1, 0.15) is 42.0 Å². The number of rotatable bonds is 4. The Hall–Kier alpha value is -1.90. The van der Waals surface area contributed by atoms with Crippen LogP contribution in [-0.4, -0.2) is 41.5 Å². The van der Waals surface area contributed by atoms with Crippen molar-refractivity contribution in [3.8, 4) is 0 Å². The number of esters is 1. The van der Waals surface area contributed by atoms with Crippen molar-refractivity contribution in [1.82, 2.24) is 5.32 Å². The van der Waals surface area contributed by atoms with Gasteiger partial charge in [0.2, 0.25) is 5.24 Å². The summed E-state index contributed by atoms with van der Waals surface area (Å²) >= 11 is 4.87. The number of aliphatic hydroxyl groups is 1. The summed E-state index contributed by atoms with van der Waals surface area (Å²) in [6.45, 7) is 14.5. The van der Waals surface area contributed by atoms with E-state index in [0.29, 0.717) is 11.1 Å². The van der Waals surface area contributed by atoms with E-state index in [-0.39, 0.29) is 14.2 Å². The highest BCUT2D eigenvalue weighted by atomic mass is 35.5. The molecule has 0 atom stereocenters. The lowest BCUT2D eigenvalue weighted by Gasteiger charge is -2.18. The number of hydrogen-bond donors (Lipinski definition) is 3. The third-order valence-electron chi connectivity index (χ3n) is 1.52. The summed E-state index contributed by atoms with van der Waals surface area (Å²) in [6.07, 6.45) is -0.602. The minimum Gasteiger partial charge on any atom is -0.447 e. The van der Waals surface area contributed by atoms with E-state index < -0.39 is 29.6 Å². The van der Waals surface area contributed by atoms with Gasteiger partial charge < -0.3 is 14.6 Å². The second-order valence-corrected chi connectivity index (χ2v) is 5.61. The lowest BCUT2D eigenvalue weighted by molar-refractivity contribution is -0.138. The van der Waals surface area contributed by atoms with Crippen LogP contribution in [-0.2, 0) is 19.1 Å². The number of hydrogen-bond acceptors (Lipinski definition) is 7. The molecule has 9 heteroatoms. The first-order chi connectivity index (χ1) is 10.8. The standard InChI is InChI=1S/C6H13NO3.C5H9NO2.C4H5ClO.CH4/c1-6(2,3)10-5(9)7-4-8;1-4(2)5(7)8-3-6;1-3(2)4(5)6;/h8H,4H2,1-3H3,(H,7,9);1,3,6H2,2H3;1H2,2H3;1H4. The smallest absolute Gasteiger partial charge is 0.409 e. The molecule has 0 bridgehead atoms. The molecule has 25 heavy (non-hydrogen) atoms. The molecule has 0 unspecified atom stereocenters. The van der Waals surface area contributed by atoms with Gasteiger partial charge in [0.15, 0.2) is 0 Å². The van der Waals surface area contributed by atoms with E-state index in [2.05, 4.69) is 23.2 Å². The summed E-state index contributed by atoms with van der Waals surface area (Å²) in [4.78, 5) is 30.7. The number of carbonyl (C=O) groups excluding carboxylic acids is 3. The first kappa shape index (κ1) is 30.9. The van der Waals surface area contributed by atoms with Crippen molar-refractivity contribution in [2.75, 3.05) is 13.5 Å². The maximum absolute atomic E-state index is 10.6. The van der Waals surface area contributed by atoms with Crippen LogP contribution in [0, 0.1) is 0 Å². The van der Waals surface area contributed by atoms with Gasteiger partial charge in [-0.3, -0.25) is 15.8 Å². The normalized spacial score (nSPS) is 8.80. The molecule has 0 aliphatic heterocycles. The second-order valence-electron chi connectivity index (χ2n) is 5.27. The number of halogens is 1. The zero-order chi connectivity index (χ0) is 19.9. The number of allylic oxidation sites excluding steroid dienone is 1. The van der Waals surface area contributed by atoms with Crippen molar-refractivity contribution in [3.05, 3.63) is 24.3 Å². The third kappa shape index (κ3) is 30.5. The fourth-order valence-corrected chi connectivity index (χ4v) is 0.578. The van der Waals surface area contributed by atoms with Crippen LogP contribution in [0.3, 0.4) is 0 Å². The van der Waals surface area contributed by atoms with Gasteiger partial charge >= 0.3 is 12.1 Å². The highest BCUT2D eigenvalue weighted by Crippen LogP contribution is 2.05. The van der Waals surface area contributed by atoms with Gasteiger partial charge in [0.25, 0.3) is 0 Å². The van der Waals surface area contributed by atoms with Gasteiger partial charge in [0.05, 0.1) is 0 Å². The summed E-state index contributed by atoms with van der Waals surface area (Å²) in [5, 5.41) is 9.86. The predicted molar refractivity (Wildman–Crippen MR) is 98.8 cm³/mol. The molecule has 1 amide bonds. The van der Waals surface area contributed by atoms with Crippen LogP contribution in [0.25, 0.3) is 0 Å². The maximum atomic E-state index is 10.6. The first-order valence-electron chi connectivity index (χ1n) is 6.74. The summed E-state index contributed by atoms with van der Waals surface area (Å²) in [5.41, 5.74) is 5.14. The predicted octanol–water partition coefficient (Wildman–Crippen LogP) is 2.45. The van der Waals surface area contributed by atoms with E-state index in [0.717, 1.165) is 0 Å². The van der Waals surface area contributed by atoms with Crippen LogP contribution in [0.4, 0.5) is 4.79 Å². The lowest BCUT2D eigenvalue weighted by atomic mass is 10.2. The highest BCUT2D eigenvalue weighted by molar-refractivity contribution is 6.67. The Morgan fingerprint density at radius 2 is 1.56 bits per heavy atom. The van der Waals surface area contributed by atoms with Gasteiger partial charge in [0.1, 0.15) is 19.1 Å².